The zero-order chi connectivity index (χ0) is 21.0. The Labute approximate surface area is 176 Å². The zero-order valence-corrected chi connectivity index (χ0v) is 18.1. The molecular formula is C23H27N3O2S. The van der Waals surface area contributed by atoms with E-state index in [1.807, 2.05) is 45.3 Å². The summed E-state index contributed by atoms with van der Waals surface area (Å²) in [4.78, 5) is 18.9. The fourth-order valence-corrected chi connectivity index (χ4v) is 4.29. The van der Waals surface area contributed by atoms with Crippen LogP contribution in [0.3, 0.4) is 0 Å². The van der Waals surface area contributed by atoms with Gasteiger partial charge < -0.3 is 15.3 Å². The van der Waals surface area contributed by atoms with Crippen LogP contribution in [0.5, 0.6) is 0 Å². The number of carbonyl (C=O) groups is 1. The highest BCUT2D eigenvalue weighted by Gasteiger charge is 2.13. The average molecular weight is 410 g/mol. The summed E-state index contributed by atoms with van der Waals surface area (Å²) in [7, 11) is 4.02. The van der Waals surface area contributed by atoms with Gasteiger partial charge in [-0.25, -0.2) is 0 Å². The molecule has 0 aliphatic rings. The summed E-state index contributed by atoms with van der Waals surface area (Å²) in [5.41, 5.74) is 5.00. The van der Waals surface area contributed by atoms with Gasteiger partial charge >= 0.3 is 0 Å². The molecule has 0 spiro atoms. The normalized spacial score (nSPS) is 12.0. The number of aliphatic hydroxyl groups excluding tert-OH is 1. The van der Waals surface area contributed by atoms with Crippen LogP contribution in [-0.2, 0) is 11.2 Å². The number of anilines is 2. The number of hydrogen-bond donors (Lipinski definition) is 2. The van der Waals surface area contributed by atoms with Crippen LogP contribution in [0.25, 0.3) is 10.9 Å². The molecular weight excluding hydrogens is 382 g/mol. The summed E-state index contributed by atoms with van der Waals surface area (Å²) in [6.07, 6.45) is 1.91. The van der Waals surface area contributed by atoms with Crippen molar-refractivity contribution in [3.63, 3.8) is 0 Å². The maximum atomic E-state index is 11.2. The highest BCUT2D eigenvalue weighted by molar-refractivity contribution is 7.99. The lowest BCUT2D eigenvalue weighted by atomic mass is 10.0. The quantitative estimate of drug-likeness (QED) is 0.571. The third-order valence-electron chi connectivity index (χ3n) is 4.70. The molecule has 3 aromatic rings. The number of pyridine rings is 1. The van der Waals surface area contributed by atoms with Crippen molar-refractivity contribution in [2.24, 2.45) is 0 Å². The summed E-state index contributed by atoms with van der Waals surface area (Å²) in [6.45, 7) is 3.51. The van der Waals surface area contributed by atoms with Crippen molar-refractivity contribution >= 4 is 39.9 Å². The van der Waals surface area contributed by atoms with Gasteiger partial charge in [-0.1, -0.05) is 12.1 Å². The largest absolute Gasteiger partial charge is 0.392 e. The molecule has 1 amide bonds. The molecule has 0 saturated heterocycles. The van der Waals surface area contributed by atoms with Crippen LogP contribution in [0.4, 0.5) is 11.4 Å². The fraction of sp³-hybridized carbons (Fsp3) is 0.304. The smallest absolute Gasteiger partial charge is 0.221 e. The number of nitrogens with zero attached hydrogens (tertiary/aromatic N) is 2. The number of rotatable bonds is 7. The molecule has 0 bridgehead atoms. The summed E-state index contributed by atoms with van der Waals surface area (Å²) >= 11 is 1.63. The second kappa shape index (κ2) is 9.29. The summed E-state index contributed by atoms with van der Waals surface area (Å²) in [6, 6.07) is 14.0. The molecule has 0 unspecified atom stereocenters. The Morgan fingerprint density at radius 3 is 2.72 bits per heavy atom. The number of aromatic nitrogens is 1. The molecule has 0 aliphatic carbocycles. The minimum atomic E-state index is -0.469. The number of fused-ring (bicyclic) bond motifs is 1. The van der Waals surface area contributed by atoms with E-state index >= 15 is 0 Å². The number of thioether (sulfide) groups is 1. The molecule has 0 radical (unpaired) electrons. The standard InChI is InChI=1S/C23H27N3O2S/c1-15-12-18(25-16(2)27)8-10-22(15)29-14-19(28)13-17-7-9-21(26(3)4)23-20(17)6-5-11-24-23/h5-12,19,28H,13-14H2,1-4H3,(H,25,27)/t19-/m1/s1. The van der Waals surface area contributed by atoms with Crippen molar-refractivity contribution in [2.75, 3.05) is 30.1 Å². The third-order valence-corrected chi connectivity index (χ3v) is 6.02. The van der Waals surface area contributed by atoms with Gasteiger partial charge in [0.15, 0.2) is 0 Å². The van der Waals surface area contributed by atoms with Gasteiger partial charge in [-0.15, -0.1) is 11.8 Å². The Hall–Kier alpha value is -2.57. The maximum absolute atomic E-state index is 11.2. The molecule has 3 rings (SSSR count). The zero-order valence-electron chi connectivity index (χ0n) is 17.3. The third kappa shape index (κ3) is 5.28. The number of aryl methyl sites for hydroxylation is 1. The van der Waals surface area contributed by atoms with Crippen molar-refractivity contribution < 1.29 is 9.90 Å². The first-order valence-corrected chi connectivity index (χ1v) is 10.6. The molecule has 6 heteroatoms. The lowest BCUT2D eigenvalue weighted by Gasteiger charge is -2.18. The van der Waals surface area contributed by atoms with Gasteiger partial charge in [-0.2, -0.15) is 0 Å². The Kier molecular flexibility index (Phi) is 6.77. The highest BCUT2D eigenvalue weighted by atomic mass is 32.2. The highest BCUT2D eigenvalue weighted by Crippen LogP contribution is 2.29. The Morgan fingerprint density at radius 2 is 2.03 bits per heavy atom. The molecule has 29 heavy (non-hydrogen) atoms. The fourth-order valence-electron chi connectivity index (χ4n) is 3.35. The van der Waals surface area contributed by atoms with Gasteiger partial charge in [0.1, 0.15) is 0 Å². The molecule has 2 aromatic carbocycles. The Morgan fingerprint density at radius 1 is 1.24 bits per heavy atom. The van der Waals surface area contributed by atoms with Gasteiger partial charge in [0.25, 0.3) is 0 Å². The molecule has 1 heterocycles. The van der Waals surface area contributed by atoms with Crippen LogP contribution >= 0.6 is 11.8 Å². The van der Waals surface area contributed by atoms with Crippen LogP contribution in [0, 0.1) is 6.92 Å². The van der Waals surface area contributed by atoms with Crippen LogP contribution in [0.1, 0.15) is 18.1 Å². The van der Waals surface area contributed by atoms with Gasteiger partial charge in [0.05, 0.1) is 17.3 Å². The van der Waals surface area contributed by atoms with Crippen molar-refractivity contribution in [1.82, 2.24) is 4.98 Å². The molecule has 1 aromatic heterocycles. The summed E-state index contributed by atoms with van der Waals surface area (Å²) in [5, 5.41) is 14.5. The molecule has 5 nitrogen and oxygen atoms in total. The maximum Gasteiger partial charge on any atom is 0.221 e. The molecule has 0 aliphatic heterocycles. The Balaban J connectivity index is 1.69. The first-order valence-electron chi connectivity index (χ1n) is 9.58. The first kappa shape index (κ1) is 21.1. The second-order valence-electron chi connectivity index (χ2n) is 7.37. The average Bonchev–Trinajstić information content (AvgIpc) is 2.67. The van der Waals surface area contributed by atoms with E-state index in [9.17, 15) is 9.90 Å². The summed E-state index contributed by atoms with van der Waals surface area (Å²) < 4.78 is 0. The lowest BCUT2D eigenvalue weighted by molar-refractivity contribution is -0.114. The van der Waals surface area contributed by atoms with Crippen molar-refractivity contribution in [3.8, 4) is 0 Å². The SMILES string of the molecule is CC(=O)Nc1ccc(SC[C@H](O)Cc2ccc(N(C)C)c3ncccc23)c(C)c1. The van der Waals surface area contributed by atoms with Gasteiger partial charge in [0.2, 0.25) is 5.91 Å². The number of hydrogen-bond acceptors (Lipinski definition) is 5. The monoisotopic (exact) mass is 409 g/mol. The number of nitrogens with one attached hydrogen (secondary N) is 1. The molecule has 0 saturated carbocycles. The molecule has 2 N–H and O–H groups in total. The van der Waals surface area contributed by atoms with Crippen LogP contribution in [0.15, 0.2) is 53.6 Å². The molecule has 0 fully saturated rings. The van der Waals surface area contributed by atoms with E-state index in [1.165, 1.54) is 6.92 Å². The van der Waals surface area contributed by atoms with Crippen molar-refractivity contribution in [1.29, 1.82) is 0 Å². The second-order valence-corrected chi connectivity index (χ2v) is 8.43. The van der Waals surface area contributed by atoms with Gasteiger partial charge in [-0.05, 0) is 54.8 Å². The number of aliphatic hydroxyl groups is 1. The van der Waals surface area contributed by atoms with E-state index in [-0.39, 0.29) is 5.91 Å². The predicted octanol–water partition coefficient (Wildman–Crippen LogP) is 4.26. The number of carbonyl (C=O) groups excluding carboxylic acids is 1. The van der Waals surface area contributed by atoms with E-state index < -0.39 is 6.10 Å². The summed E-state index contributed by atoms with van der Waals surface area (Å²) in [5.74, 6) is 0.513. The van der Waals surface area contributed by atoms with Crippen molar-refractivity contribution in [3.05, 3.63) is 59.8 Å². The lowest BCUT2D eigenvalue weighted by Crippen LogP contribution is -2.15. The topological polar surface area (TPSA) is 65.5 Å². The number of benzene rings is 2. The van der Waals surface area contributed by atoms with E-state index in [4.69, 9.17) is 0 Å². The molecule has 1 atom stereocenters. The van der Waals surface area contributed by atoms with E-state index in [2.05, 4.69) is 33.4 Å². The van der Waals surface area contributed by atoms with Gasteiger partial charge in [0, 0.05) is 48.9 Å². The minimum Gasteiger partial charge on any atom is -0.392 e. The Bertz CT molecular complexity index is 1020. The number of amides is 1. The van der Waals surface area contributed by atoms with E-state index in [0.29, 0.717) is 12.2 Å². The van der Waals surface area contributed by atoms with E-state index in [0.717, 1.165) is 38.3 Å². The van der Waals surface area contributed by atoms with Gasteiger partial charge in [-0.3, -0.25) is 9.78 Å². The van der Waals surface area contributed by atoms with Crippen LogP contribution in [-0.4, -0.2) is 41.9 Å². The van der Waals surface area contributed by atoms with Crippen molar-refractivity contribution in [2.45, 2.75) is 31.3 Å². The van der Waals surface area contributed by atoms with E-state index in [1.54, 1.807) is 18.0 Å². The van der Waals surface area contributed by atoms with Crippen LogP contribution in [0.2, 0.25) is 0 Å². The minimum absolute atomic E-state index is 0.0813. The predicted molar refractivity (Wildman–Crippen MR) is 122 cm³/mol. The first-order chi connectivity index (χ1) is 13.8. The molecule has 152 valence electrons. The van der Waals surface area contributed by atoms with Crippen LogP contribution < -0.4 is 10.2 Å².